The van der Waals surface area contributed by atoms with Crippen LogP contribution in [0, 0.1) is 0 Å². The molecule has 3 rings (SSSR count). The first kappa shape index (κ1) is 13.1. The van der Waals surface area contributed by atoms with Gasteiger partial charge in [-0.25, -0.2) is 4.79 Å². The van der Waals surface area contributed by atoms with Crippen molar-refractivity contribution in [2.45, 2.75) is 0 Å². The summed E-state index contributed by atoms with van der Waals surface area (Å²) < 4.78 is 5.20. The van der Waals surface area contributed by atoms with E-state index in [9.17, 15) is 4.79 Å². The molecule has 4 nitrogen and oxygen atoms in total. The lowest BCUT2D eigenvalue weighted by molar-refractivity contribution is 0.0696. The number of fused-ring (bicyclic) bond motifs is 1. The largest absolute Gasteiger partial charge is 0.497 e. The van der Waals surface area contributed by atoms with Gasteiger partial charge in [0.15, 0.2) is 0 Å². The first-order valence-electron chi connectivity index (χ1n) is 6.44. The van der Waals surface area contributed by atoms with E-state index < -0.39 is 5.97 Å². The van der Waals surface area contributed by atoms with E-state index >= 15 is 0 Å². The fraction of sp³-hybridized carbons (Fsp3) is 0.0588. The number of nitrogens with zero attached hydrogens (tertiary/aromatic N) is 1. The molecule has 0 aliphatic carbocycles. The second-order valence-electron chi connectivity index (χ2n) is 4.70. The van der Waals surface area contributed by atoms with E-state index in [2.05, 4.69) is 4.98 Å². The van der Waals surface area contributed by atoms with Crippen molar-refractivity contribution in [3.8, 4) is 16.9 Å². The Morgan fingerprint density at radius 2 is 1.76 bits per heavy atom. The number of benzene rings is 2. The van der Waals surface area contributed by atoms with Crippen molar-refractivity contribution in [2.75, 3.05) is 7.11 Å². The van der Waals surface area contributed by atoms with Crippen LogP contribution in [0.15, 0.2) is 54.9 Å². The van der Waals surface area contributed by atoms with Crippen LogP contribution in [0.25, 0.3) is 21.9 Å². The van der Waals surface area contributed by atoms with E-state index in [4.69, 9.17) is 9.84 Å². The van der Waals surface area contributed by atoms with Crippen molar-refractivity contribution < 1.29 is 14.6 Å². The summed E-state index contributed by atoms with van der Waals surface area (Å²) in [6.45, 7) is 0. The molecule has 21 heavy (non-hydrogen) atoms. The standard InChI is InChI=1S/C17H13NO3/c1-21-16-5-4-11-6-12(2-3-13(11)8-16)14-7-15(17(19)20)10-18-9-14/h2-10H,1H3,(H,19,20). The maximum absolute atomic E-state index is 11.0. The van der Waals surface area contributed by atoms with E-state index in [-0.39, 0.29) is 5.56 Å². The number of pyridine rings is 1. The number of hydrogen-bond acceptors (Lipinski definition) is 3. The third kappa shape index (κ3) is 2.56. The first-order valence-corrected chi connectivity index (χ1v) is 6.44. The second kappa shape index (κ2) is 5.25. The number of hydrogen-bond donors (Lipinski definition) is 1. The average Bonchev–Trinajstić information content (AvgIpc) is 2.54. The Morgan fingerprint density at radius 3 is 2.52 bits per heavy atom. The molecule has 0 saturated heterocycles. The molecule has 0 fully saturated rings. The molecule has 1 N–H and O–H groups in total. The molecule has 0 saturated carbocycles. The molecule has 3 aromatic rings. The highest BCUT2D eigenvalue weighted by Crippen LogP contribution is 2.27. The summed E-state index contributed by atoms with van der Waals surface area (Å²) in [5, 5.41) is 11.2. The minimum Gasteiger partial charge on any atom is -0.497 e. The average molecular weight is 279 g/mol. The predicted octanol–water partition coefficient (Wildman–Crippen LogP) is 3.61. The van der Waals surface area contributed by atoms with Gasteiger partial charge in [0.25, 0.3) is 0 Å². The maximum Gasteiger partial charge on any atom is 0.337 e. The van der Waals surface area contributed by atoms with E-state index in [0.717, 1.165) is 27.6 Å². The van der Waals surface area contributed by atoms with Gasteiger partial charge in [-0.05, 0) is 40.6 Å². The topological polar surface area (TPSA) is 59.4 Å². The molecule has 1 heterocycles. The van der Waals surface area contributed by atoms with Crippen molar-refractivity contribution in [1.82, 2.24) is 4.98 Å². The Balaban J connectivity index is 2.08. The number of rotatable bonds is 3. The third-order valence-corrected chi connectivity index (χ3v) is 3.37. The first-order chi connectivity index (χ1) is 10.2. The van der Waals surface area contributed by atoms with Gasteiger partial charge in [0, 0.05) is 18.0 Å². The van der Waals surface area contributed by atoms with Gasteiger partial charge in [-0.2, -0.15) is 0 Å². The fourth-order valence-electron chi connectivity index (χ4n) is 2.25. The lowest BCUT2D eigenvalue weighted by Crippen LogP contribution is -1.97. The van der Waals surface area contributed by atoms with Gasteiger partial charge >= 0.3 is 5.97 Å². The van der Waals surface area contributed by atoms with Gasteiger partial charge in [-0.3, -0.25) is 4.98 Å². The third-order valence-electron chi connectivity index (χ3n) is 3.37. The molecule has 104 valence electrons. The molecule has 0 radical (unpaired) electrons. The zero-order valence-corrected chi connectivity index (χ0v) is 11.4. The molecule has 1 aromatic heterocycles. The van der Waals surface area contributed by atoms with E-state index in [0.29, 0.717) is 0 Å². The Kier molecular flexibility index (Phi) is 3.28. The molecule has 0 amide bonds. The summed E-state index contributed by atoms with van der Waals surface area (Å²) in [6, 6.07) is 13.4. The molecule has 0 atom stereocenters. The number of methoxy groups -OCH3 is 1. The minimum atomic E-state index is -0.977. The van der Waals surface area contributed by atoms with Gasteiger partial charge in [0.05, 0.1) is 12.7 Å². The highest BCUT2D eigenvalue weighted by Gasteiger charge is 2.06. The zero-order chi connectivity index (χ0) is 14.8. The Bertz CT molecular complexity index is 827. The van der Waals surface area contributed by atoms with Gasteiger partial charge in [-0.15, -0.1) is 0 Å². The van der Waals surface area contributed by atoms with Crippen LogP contribution < -0.4 is 4.74 Å². The highest BCUT2D eigenvalue weighted by atomic mass is 16.5. The number of ether oxygens (including phenoxy) is 1. The van der Waals surface area contributed by atoms with Crippen LogP contribution >= 0.6 is 0 Å². The molecular weight excluding hydrogens is 266 g/mol. The Morgan fingerprint density at radius 1 is 1.00 bits per heavy atom. The lowest BCUT2D eigenvalue weighted by atomic mass is 10.0. The summed E-state index contributed by atoms with van der Waals surface area (Å²) >= 11 is 0. The normalized spacial score (nSPS) is 10.5. The van der Waals surface area contributed by atoms with Crippen LogP contribution in [0.2, 0.25) is 0 Å². The monoisotopic (exact) mass is 279 g/mol. The predicted molar refractivity (Wildman–Crippen MR) is 80.7 cm³/mol. The smallest absolute Gasteiger partial charge is 0.337 e. The molecule has 0 bridgehead atoms. The summed E-state index contributed by atoms with van der Waals surface area (Å²) in [4.78, 5) is 15.0. The Hall–Kier alpha value is -2.88. The van der Waals surface area contributed by atoms with Gasteiger partial charge < -0.3 is 9.84 Å². The number of carbonyl (C=O) groups is 1. The molecule has 0 aliphatic heterocycles. The number of carboxylic acids is 1. The summed E-state index contributed by atoms with van der Waals surface area (Å²) in [5.74, 6) is -0.167. The van der Waals surface area contributed by atoms with Crippen molar-refractivity contribution >= 4 is 16.7 Å². The van der Waals surface area contributed by atoms with Crippen molar-refractivity contribution in [2.24, 2.45) is 0 Å². The van der Waals surface area contributed by atoms with E-state index in [1.54, 1.807) is 19.4 Å². The van der Waals surface area contributed by atoms with Gasteiger partial charge in [0.2, 0.25) is 0 Å². The summed E-state index contributed by atoms with van der Waals surface area (Å²) in [5.41, 5.74) is 1.90. The molecule has 4 heteroatoms. The van der Waals surface area contributed by atoms with E-state index in [1.807, 2.05) is 36.4 Å². The summed E-state index contributed by atoms with van der Waals surface area (Å²) in [6.07, 6.45) is 3.01. The van der Waals surface area contributed by atoms with Crippen molar-refractivity contribution in [3.63, 3.8) is 0 Å². The lowest BCUT2D eigenvalue weighted by Gasteiger charge is -2.06. The van der Waals surface area contributed by atoms with Crippen LogP contribution in [0.5, 0.6) is 5.75 Å². The molecule has 0 spiro atoms. The Labute approximate surface area is 121 Å². The maximum atomic E-state index is 11.0. The minimum absolute atomic E-state index is 0.183. The SMILES string of the molecule is COc1ccc2cc(-c3cncc(C(=O)O)c3)ccc2c1. The number of aromatic carboxylic acids is 1. The fourth-order valence-corrected chi connectivity index (χ4v) is 2.25. The van der Waals surface area contributed by atoms with Crippen LogP contribution in [0.3, 0.4) is 0 Å². The van der Waals surface area contributed by atoms with Gasteiger partial charge in [0.1, 0.15) is 5.75 Å². The van der Waals surface area contributed by atoms with Crippen LogP contribution in [-0.2, 0) is 0 Å². The number of carboxylic acid groups (broad SMARTS) is 1. The molecule has 0 aliphatic rings. The molecular formula is C17H13NO3. The van der Waals surface area contributed by atoms with E-state index in [1.165, 1.54) is 6.20 Å². The highest BCUT2D eigenvalue weighted by molar-refractivity contribution is 5.91. The van der Waals surface area contributed by atoms with Crippen LogP contribution in [-0.4, -0.2) is 23.2 Å². The zero-order valence-electron chi connectivity index (χ0n) is 11.4. The van der Waals surface area contributed by atoms with Crippen molar-refractivity contribution in [3.05, 3.63) is 60.4 Å². The second-order valence-corrected chi connectivity index (χ2v) is 4.70. The van der Waals surface area contributed by atoms with Crippen molar-refractivity contribution in [1.29, 1.82) is 0 Å². The van der Waals surface area contributed by atoms with Crippen LogP contribution in [0.1, 0.15) is 10.4 Å². The van der Waals surface area contributed by atoms with Gasteiger partial charge in [-0.1, -0.05) is 18.2 Å². The summed E-state index contributed by atoms with van der Waals surface area (Å²) in [7, 11) is 1.64. The molecule has 0 unspecified atom stereocenters. The molecule has 2 aromatic carbocycles. The quantitative estimate of drug-likeness (QED) is 0.795. The number of aromatic nitrogens is 1. The van der Waals surface area contributed by atoms with Crippen LogP contribution in [0.4, 0.5) is 0 Å².